The second-order valence-corrected chi connectivity index (χ2v) is 5.80. The zero-order valence-corrected chi connectivity index (χ0v) is 13.6. The molecule has 0 saturated heterocycles. The third-order valence-electron chi connectivity index (χ3n) is 3.90. The summed E-state index contributed by atoms with van der Waals surface area (Å²) in [4.78, 5) is 16.0. The van der Waals surface area contributed by atoms with Gasteiger partial charge in [0.2, 0.25) is 0 Å². The highest BCUT2D eigenvalue weighted by atomic mass is 19.1. The van der Waals surface area contributed by atoms with Gasteiger partial charge in [0.05, 0.1) is 13.1 Å². The summed E-state index contributed by atoms with van der Waals surface area (Å²) in [5.41, 5.74) is -1.60. The van der Waals surface area contributed by atoms with Gasteiger partial charge in [-0.2, -0.15) is 5.10 Å². The van der Waals surface area contributed by atoms with Crippen molar-refractivity contribution in [2.24, 2.45) is 0 Å². The van der Waals surface area contributed by atoms with Crippen LogP contribution < -0.4 is 5.32 Å². The van der Waals surface area contributed by atoms with Crippen molar-refractivity contribution in [3.63, 3.8) is 0 Å². The summed E-state index contributed by atoms with van der Waals surface area (Å²) < 4.78 is 28.8. The molecule has 0 spiro atoms. The lowest BCUT2D eigenvalue weighted by Gasteiger charge is -2.29. The molecule has 8 heteroatoms. The van der Waals surface area contributed by atoms with E-state index < -0.39 is 23.1 Å². The molecular formula is C18H16F2N4O2. The first-order valence-corrected chi connectivity index (χ1v) is 7.81. The number of aromatic nitrogens is 3. The lowest BCUT2D eigenvalue weighted by Crippen LogP contribution is -2.44. The largest absolute Gasteiger partial charge is 0.381 e. The van der Waals surface area contributed by atoms with Gasteiger partial charge in [0.25, 0.3) is 5.91 Å². The third-order valence-corrected chi connectivity index (χ3v) is 3.90. The topological polar surface area (TPSA) is 80.0 Å². The van der Waals surface area contributed by atoms with E-state index in [1.165, 1.54) is 17.3 Å². The SMILES string of the molecule is O=C(NCC(O)(Cn1cncn1)c1ccc(F)cc1F)c1ccccc1. The molecule has 3 rings (SSSR count). The molecule has 0 aliphatic carbocycles. The lowest BCUT2D eigenvalue weighted by molar-refractivity contribution is 0.0120. The first kappa shape index (κ1) is 17.7. The highest BCUT2D eigenvalue weighted by molar-refractivity contribution is 5.94. The van der Waals surface area contributed by atoms with Crippen LogP contribution in [-0.2, 0) is 12.1 Å². The zero-order chi connectivity index (χ0) is 18.6. The Morgan fingerprint density at radius 2 is 1.96 bits per heavy atom. The molecular weight excluding hydrogens is 342 g/mol. The minimum absolute atomic E-state index is 0.150. The number of nitrogens with zero attached hydrogens (tertiary/aromatic N) is 3. The molecule has 0 saturated carbocycles. The van der Waals surface area contributed by atoms with Crippen LogP contribution in [0.2, 0.25) is 0 Å². The van der Waals surface area contributed by atoms with Crippen molar-refractivity contribution in [2.75, 3.05) is 6.54 Å². The fourth-order valence-electron chi connectivity index (χ4n) is 2.60. The Balaban J connectivity index is 1.86. The number of carbonyl (C=O) groups is 1. The van der Waals surface area contributed by atoms with E-state index in [1.807, 2.05) is 0 Å². The smallest absolute Gasteiger partial charge is 0.251 e. The van der Waals surface area contributed by atoms with Crippen LogP contribution in [0.4, 0.5) is 8.78 Å². The average Bonchev–Trinajstić information content (AvgIpc) is 3.13. The molecule has 26 heavy (non-hydrogen) atoms. The molecule has 1 aromatic heterocycles. The van der Waals surface area contributed by atoms with E-state index >= 15 is 0 Å². The minimum atomic E-state index is -1.85. The maximum Gasteiger partial charge on any atom is 0.251 e. The molecule has 0 aliphatic heterocycles. The first-order chi connectivity index (χ1) is 12.5. The van der Waals surface area contributed by atoms with E-state index in [4.69, 9.17) is 0 Å². The van der Waals surface area contributed by atoms with Gasteiger partial charge in [0.15, 0.2) is 0 Å². The lowest BCUT2D eigenvalue weighted by atomic mass is 9.92. The fraction of sp³-hybridized carbons (Fsp3) is 0.167. The molecule has 134 valence electrons. The van der Waals surface area contributed by atoms with E-state index in [2.05, 4.69) is 15.4 Å². The number of rotatable bonds is 6. The number of hydrogen-bond donors (Lipinski definition) is 2. The molecule has 2 N–H and O–H groups in total. The Bertz CT molecular complexity index is 887. The molecule has 0 aliphatic rings. The van der Waals surface area contributed by atoms with Crippen molar-refractivity contribution < 1.29 is 18.7 Å². The van der Waals surface area contributed by atoms with Gasteiger partial charge < -0.3 is 10.4 Å². The molecule has 0 bridgehead atoms. The Labute approximate surface area is 148 Å². The number of carbonyl (C=O) groups excluding carboxylic acids is 1. The standard InChI is InChI=1S/C18H16F2N4O2/c19-14-6-7-15(16(20)8-14)18(26,10-24-12-21-11-23-24)9-22-17(25)13-4-2-1-3-5-13/h1-8,11-12,26H,9-10H2,(H,22,25). The van der Waals surface area contributed by atoms with E-state index in [9.17, 15) is 18.7 Å². The van der Waals surface area contributed by atoms with Gasteiger partial charge in [-0.3, -0.25) is 4.79 Å². The number of amides is 1. The van der Waals surface area contributed by atoms with Crippen LogP contribution >= 0.6 is 0 Å². The predicted molar refractivity (Wildman–Crippen MR) is 89.1 cm³/mol. The summed E-state index contributed by atoms with van der Waals surface area (Å²) in [7, 11) is 0. The molecule has 1 amide bonds. The van der Waals surface area contributed by atoms with Crippen molar-refractivity contribution >= 4 is 5.91 Å². The number of nitrogens with one attached hydrogen (secondary N) is 1. The van der Waals surface area contributed by atoms with Crippen LogP contribution in [0.3, 0.4) is 0 Å². The molecule has 3 aromatic rings. The zero-order valence-electron chi connectivity index (χ0n) is 13.6. The Morgan fingerprint density at radius 1 is 1.19 bits per heavy atom. The van der Waals surface area contributed by atoms with Gasteiger partial charge in [0.1, 0.15) is 29.9 Å². The van der Waals surface area contributed by atoms with Crippen LogP contribution in [0.25, 0.3) is 0 Å². The highest BCUT2D eigenvalue weighted by Gasteiger charge is 2.34. The van der Waals surface area contributed by atoms with Crippen molar-refractivity contribution in [2.45, 2.75) is 12.1 Å². The molecule has 1 atom stereocenters. The van der Waals surface area contributed by atoms with E-state index in [1.54, 1.807) is 30.3 Å². The second kappa shape index (κ2) is 7.40. The van der Waals surface area contributed by atoms with Gasteiger partial charge in [-0.05, 0) is 18.2 Å². The maximum absolute atomic E-state index is 14.3. The second-order valence-electron chi connectivity index (χ2n) is 5.80. The van der Waals surface area contributed by atoms with Crippen molar-refractivity contribution in [1.82, 2.24) is 20.1 Å². The van der Waals surface area contributed by atoms with E-state index in [-0.39, 0.29) is 18.7 Å². The first-order valence-electron chi connectivity index (χ1n) is 7.81. The monoisotopic (exact) mass is 358 g/mol. The summed E-state index contributed by atoms with van der Waals surface area (Å²) >= 11 is 0. The van der Waals surface area contributed by atoms with Gasteiger partial charge >= 0.3 is 0 Å². The summed E-state index contributed by atoms with van der Waals surface area (Å²) in [5.74, 6) is -2.10. The highest BCUT2D eigenvalue weighted by Crippen LogP contribution is 2.26. The molecule has 0 radical (unpaired) electrons. The Morgan fingerprint density at radius 3 is 2.62 bits per heavy atom. The number of hydrogen-bond acceptors (Lipinski definition) is 4. The fourth-order valence-corrected chi connectivity index (χ4v) is 2.60. The minimum Gasteiger partial charge on any atom is -0.381 e. The van der Waals surface area contributed by atoms with Crippen molar-refractivity contribution in [3.05, 3.63) is 83.9 Å². The van der Waals surface area contributed by atoms with Crippen molar-refractivity contribution in [3.8, 4) is 0 Å². The van der Waals surface area contributed by atoms with Gasteiger partial charge in [0, 0.05) is 17.2 Å². The maximum atomic E-state index is 14.3. The molecule has 2 aromatic carbocycles. The quantitative estimate of drug-likeness (QED) is 0.705. The summed E-state index contributed by atoms with van der Waals surface area (Å²) in [6.07, 6.45) is 2.62. The van der Waals surface area contributed by atoms with Gasteiger partial charge in [-0.1, -0.05) is 24.3 Å². The molecule has 1 heterocycles. The normalized spacial score (nSPS) is 13.2. The Hall–Kier alpha value is -3.13. The summed E-state index contributed by atoms with van der Waals surface area (Å²) in [6, 6.07) is 11.3. The molecule has 6 nitrogen and oxygen atoms in total. The van der Waals surface area contributed by atoms with Crippen LogP contribution in [-0.4, -0.2) is 32.3 Å². The summed E-state index contributed by atoms with van der Waals surface area (Å²) in [6.45, 7) is -0.478. The van der Waals surface area contributed by atoms with Gasteiger partial charge in [-0.25, -0.2) is 18.4 Å². The van der Waals surface area contributed by atoms with E-state index in [0.717, 1.165) is 12.1 Å². The van der Waals surface area contributed by atoms with Gasteiger partial charge in [-0.15, -0.1) is 0 Å². The molecule has 0 fully saturated rings. The van der Waals surface area contributed by atoms with Crippen LogP contribution in [0, 0.1) is 11.6 Å². The van der Waals surface area contributed by atoms with E-state index in [0.29, 0.717) is 11.6 Å². The van der Waals surface area contributed by atoms with Crippen LogP contribution in [0.15, 0.2) is 61.2 Å². The van der Waals surface area contributed by atoms with Crippen LogP contribution in [0.1, 0.15) is 15.9 Å². The van der Waals surface area contributed by atoms with Crippen molar-refractivity contribution in [1.29, 1.82) is 0 Å². The molecule has 1 unspecified atom stereocenters. The third kappa shape index (κ3) is 3.92. The Kier molecular flexibility index (Phi) is 5.04. The number of benzene rings is 2. The average molecular weight is 358 g/mol. The summed E-state index contributed by atoms with van der Waals surface area (Å²) in [5, 5.41) is 17.5. The predicted octanol–water partition coefficient (Wildman–Crippen LogP) is 1.87. The van der Waals surface area contributed by atoms with Crippen LogP contribution in [0.5, 0.6) is 0 Å². The number of halogens is 2. The number of aliphatic hydroxyl groups is 1.